The summed E-state index contributed by atoms with van der Waals surface area (Å²) in [6, 6.07) is 1.80. The number of aryl methyl sites for hydroxylation is 1. The Morgan fingerprint density at radius 3 is 2.86 bits per heavy atom. The largest absolute Gasteiger partial charge is 0.481 e. The van der Waals surface area contributed by atoms with Gasteiger partial charge in [0.2, 0.25) is 0 Å². The summed E-state index contributed by atoms with van der Waals surface area (Å²) >= 11 is 0. The lowest BCUT2D eigenvalue weighted by molar-refractivity contribution is -0.142. The maximum absolute atomic E-state index is 11.4. The summed E-state index contributed by atoms with van der Waals surface area (Å²) in [5, 5.41) is 21.0. The van der Waals surface area contributed by atoms with Crippen molar-refractivity contribution in [3.8, 4) is 11.4 Å². The molecule has 0 aromatic carbocycles. The number of carboxylic acid groups (broad SMARTS) is 1. The van der Waals surface area contributed by atoms with Gasteiger partial charge in [-0.15, -0.1) is 5.10 Å². The highest BCUT2D eigenvalue weighted by molar-refractivity contribution is 5.70. The lowest BCUT2D eigenvalue weighted by Gasteiger charge is -2.15. The molecule has 1 N–H and O–H groups in total. The van der Waals surface area contributed by atoms with Crippen LogP contribution >= 0.6 is 0 Å². The van der Waals surface area contributed by atoms with Crippen LogP contribution in [0.25, 0.3) is 11.4 Å². The van der Waals surface area contributed by atoms with Gasteiger partial charge in [0.25, 0.3) is 0 Å². The molecule has 0 radical (unpaired) electrons. The highest BCUT2D eigenvalue weighted by Crippen LogP contribution is 2.24. The third-order valence-corrected chi connectivity index (χ3v) is 3.34. The molecule has 21 heavy (non-hydrogen) atoms. The molecule has 7 nitrogen and oxygen atoms in total. The van der Waals surface area contributed by atoms with Crippen molar-refractivity contribution in [3.63, 3.8) is 0 Å². The molecule has 1 atom stereocenters. The molecule has 0 fully saturated rings. The molecule has 0 spiro atoms. The molecule has 2 aromatic heterocycles. The number of aromatic nitrogens is 4. The fourth-order valence-corrected chi connectivity index (χ4v) is 2.37. The minimum atomic E-state index is -0.826. The number of nitrogens with zero attached hydrogens (tertiary/aromatic N) is 4. The first-order chi connectivity index (χ1) is 10.0. The van der Waals surface area contributed by atoms with Crippen molar-refractivity contribution in [1.29, 1.82) is 0 Å². The number of rotatable bonds is 7. The molecule has 0 aliphatic carbocycles. The summed E-state index contributed by atoms with van der Waals surface area (Å²) in [4.78, 5) is 11.4. The molecule has 1 unspecified atom stereocenters. The van der Waals surface area contributed by atoms with Crippen molar-refractivity contribution in [2.75, 3.05) is 0 Å². The van der Waals surface area contributed by atoms with Crippen molar-refractivity contribution in [2.24, 2.45) is 11.8 Å². The van der Waals surface area contributed by atoms with E-state index in [0.29, 0.717) is 18.2 Å². The molecule has 0 aliphatic rings. The molecule has 2 rings (SSSR count). The van der Waals surface area contributed by atoms with Crippen LogP contribution in [-0.2, 0) is 17.8 Å². The summed E-state index contributed by atoms with van der Waals surface area (Å²) in [5.41, 5.74) is 0.816. The van der Waals surface area contributed by atoms with Crippen molar-refractivity contribution in [1.82, 2.24) is 20.2 Å². The number of carboxylic acids is 1. The summed E-state index contributed by atoms with van der Waals surface area (Å²) in [6.07, 6.45) is 2.90. The van der Waals surface area contributed by atoms with E-state index >= 15 is 0 Å². The van der Waals surface area contributed by atoms with E-state index in [4.69, 9.17) is 4.42 Å². The molecule has 0 aliphatic heterocycles. The summed E-state index contributed by atoms with van der Waals surface area (Å²) in [5.74, 6) is 0.306. The normalized spacial score (nSPS) is 12.8. The predicted molar refractivity (Wildman–Crippen MR) is 75.5 cm³/mol. The smallest absolute Gasteiger partial charge is 0.308 e. The molecular weight excluding hydrogens is 272 g/mol. The summed E-state index contributed by atoms with van der Waals surface area (Å²) in [7, 11) is 0. The zero-order valence-electron chi connectivity index (χ0n) is 12.5. The highest BCUT2D eigenvalue weighted by Gasteiger charge is 2.23. The average Bonchev–Trinajstić information content (AvgIpc) is 3.04. The van der Waals surface area contributed by atoms with Crippen LogP contribution in [0.2, 0.25) is 0 Å². The maximum Gasteiger partial charge on any atom is 0.308 e. The van der Waals surface area contributed by atoms with E-state index in [9.17, 15) is 9.90 Å². The van der Waals surface area contributed by atoms with Gasteiger partial charge in [0.15, 0.2) is 5.82 Å². The second kappa shape index (κ2) is 6.51. The van der Waals surface area contributed by atoms with Crippen molar-refractivity contribution in [3.05, 3.63) is 18.1 Å². The molecule has 2 heterocycles. The number of hydrogen-bond acceptors (Lipinski definition) is 5. The van der Waals surface area contributed by atoms with E-state index < -0.39 is 11.9 Å². The molecule has 114 valence electrons. The fourth-order valence-electron chi connectivity index (χ4n) is 2.37. The van der Waals surface area contributed by atoms with E-state index in [1.165, 1.54) is 0 Å². The van der Waals surface area contributed by atoms with Crippen molar-refractivity contribution in [2.45, 2.75) is 40.2 Å². The third kappa shape index (κ3) is 3.48. The average molecular weight is 292 g/mol. The van der Waals surface area contributed by atoms with Gasteiger partial charge in [-0.2, -0.15) is 0 Å². The minimum absolute atomic E-state index is 0.254. The van der Waals surface area contributed by atoms with Gasteiger partial charge in [-0.1, -0.05) is 20.8 Å². The van der Waals surface area contributed by atoms with Gasteiger partial charge in [-0.25, -0.2) is 4.68 Å². The second-order valence-electron chi connectivity index (χ2n) is 5.46. The first-order valence-corrected chi connectivity index (χ1v) is 7.08. The van der Waals surface area contributed by atoms with Gasteiger partial charge >= 0.3 is 5.97 Å². The number of carbonyl (C=O) groups is 1. The topological polar surface area (TPSA) is 94.0 Å². The first-order valence-electron chi connectivity index (χ1n) is 7.08. The van der Waals surface area contributed by atoms with Crippen LogP contribution in [0.4, 0.5) is 0 Å². The second-order valence-corrected chi connectivity index (χ2v) is 5.46. The Morgan fingerprint density at radius 1 is 1.48 bits per heavy atom. The zero-order chi connectivity index (χ0) is 15.4. The van der Waals surface area contributed by atoms with Crippen LogP contribution < -0.4 is 0 Å². The van der Waals surface area contributed by atoms with Crippen molar-refractivity contribution < 1.29 is 14.3 Å². The summed E-state index contributed by atoms with van der Waals surface area (Å²) < 4.78 is 6.93. The maximum atomic E-state index is 11.4. The summed E-state index contributed by atoms with van der Waals surface area (Å²) in [6.45, 7) is 6.24. The van der Waals surface area contributed by atoms with Crippen LogP contribution in [0.1, 0.15) is 33.0 Å². The Labute approximate surface area is 123 Å². The molecular formula is C14H20N4O3. The molecule has 0 saturated carbocycles. The monoisotopic (exact) mass is 292 g/mol. The lowest BCUT2D eigenvalue weighted by Crippen LogP contribution is -2.23. The Morgan fingerprint density at radius 2 is 2.24 bits per heavy atom. The van der Waals surface area contributed by atoms with E-state index in [1.807, 2.05) is 20.8 Å². The van der Waals surface area contributed by atoms with E-state index in [0.717, 1.165) is 17.7 Å². The fraction of sp³-hybridized carbons (Fsp3) is 0.571. The van der Waals surface area contributed by atoms with Crippen molar-refractivity contribution >= 4 is 5.97 Å². The van der Waals surface area contributed by atoms with Crippen LogP contribution in [0.3, 0.4) is 0 Å². The van der Waals surface area contributed by atoms with Crippen LogP contribution in [0.5, 0.6) is 0 Å². The van der Waals surface area contributed by atoms with Gasteiger partial charge in [0.1, 0.15) is 5.76 Å². The quantitative estimate of drug-likeness (QED) is 0.841. The van der Waals surface area contributed by atoms with E-state index in [1.54, 1.807) is 17.0 Å². The van der Waals surface area contributed by atoms with Gasteiger partial charge in [-0.3, -0.25) is 4.79 Å². The van der Waals surface area contributed by atoms with Gasteiger partial charge in [0, 0.05) is 6.42 Å². The first kappa shape index (κ1) is 15.2. The number of hydrogen-bond donors (Lipinski definition) is 1. The molecule has 0 saturated heterocycles. The SMILES string of the molecule is CCc1occc1-c1nnnn1CC(CC(C)C)C(=O)O. The Kier molecular flexibility index (Phi) is 4.72. The molecule has 7 heteroatoms. The molecule has 0 amide bonds. The van der Waals surface area contributed by atoms with Gasteiger partial charge in [-0.05, 0) is 28.8 Å². The van der Waals surface area contributed by atoms with E-state index in [-0.39, 0.29) is 6.54 Å². The molecule has 0 bridgehead atoms. The standard InChI is InChI=1S/C14H20N4O3/c1-4-12-11(5-6-21-12)13-15-16-17-18(13)8-10(14(19)20)7-9(2)3/h5-6,9-10H,4,7-8H2,1-3H3,(H,19,20). The van der Waals surface area contributed by atoms with Gasteiger partial charge < -0.3 is 9.52 Å². The lowest BCUT2D eigenvalue weighted by atomic mass is 9.97. The Balaban J connectivity index is 2.26. The Bertz CT molecular complexity index is 603. The third-order valence-electron chi connectivity index (χ3n) is 3.34. The number of tetrazole rings is 1. The number of furan rings is 1. The van der Waals surface area contributed by atoms with E-state index in [2.05, 4.69) is 15.5 Å². The Hall–Kier alpha value is -2.18. The predicted octanol–water partition coefficient (Wildman–Crippen LogP) is 2.24. The van der Waals surface area contributed by atoms with Crippen LogP contribution in [0, 0.1) is 11.8 Å². The van der Waals surface area contributed by atoms with Crippen LogP contribution in [0.15, 0.2) is 16.7 Å². The minimum Gasteiger partial charge on any atom is -0.481 e. The zero-order valence-corrected chi connectivity index (χ0v) is 12.5. The number of aliphatic carboxylic acids is 1. The van der Waals surface area contributed by atoms with Crippen LogP contribution in [-0.4, -0.2) is 31.3 Å². The molecule has 2 aromatic rings. The van der Waals surface area contributed by atoms with Gasteiger partial charge in [0.05, 0.1) is 24.3 Å². The highest BCUT2D eigenvalue weighted by atomic mass is 16.4.